The van der Waals surface area contributed by atoms with Gasteiger partial charge < -0.3 is 15.0 Å². The van der Waals surface area contributed by atoms with Gasteiger partial charge in [-0.1, -0.05) is 6.92 Å². The molecule has 0 bridgehead atoms. The average molecular weight is 263 g/mol. The maximum atomic E-state index is 5.57. The maximum Gasteiger partial charge on any atom is 0.129 e. The SMILES string of the molecule is CCNC(C)c1ccnc(N2CCOCC2(C)C)c1. The summed E-state index contributed by atoms with van der Waals surface area (Å²) in [6.45, 7) is 12.1. The first-order chi connectivity index (χ1) is 9.04. The van der Waals surface area contributed by atoms with Gasteiger partial charge in [0.2, 0.25) is 0 Å². The Balaban J connectivity index is 2.22. The van der Waals surface area contributed by atoms with Crippen molar-refractivity contribution in [1.82, 2.24) is 10.3 Å². The molecule has 2 heterocycles. The molecule has 0 radical (unpaired) electrons. The zero-order valence-corrected chi connectivity index (χ0v) is 12.4. The third-order valence-electron chi connectivity index (χ3n) is 3.70. The van der Waals surface area contributed by atoms with Crippen LogP contribution in [0, 0.1) is 0 Å². The summed E-state index contributed by atoms with van der Waals surface area (Å²) < 4.78 is 5.57. The number of nitrogens with one attached hydrogen (secondary N) is 1. The van der Waals surface area contributed by atoms with E-state index in [1.165, 1.54) is 5.56 Å². The largest absolute Gasteiger partial charge is 0.377 e. The van der Waals surface area contributed by atoms with E-state index < -0.39 is 0 Å². The molecular formula is C15H25N3O. The number of ether oxygens (including phenoxy) is 1. The van der Waals surface area contributed by atoms with Gasteiger partial charge in [0.25, 0.3) is 0 Å². The Labute approximate surface area is 116 Å². The van der Waals surface area contributed by atoms with Crippen molar-refractivity contribution in [3.05, 3.63) is 23.9 Å². The van der Waals surface area contributed by atoms with Crippen molar-refractivity contribution < 1.29 is 4.74 Å². The fourth-order valence-corrected chi connectivity index (χ4v) is 2.56. The fourth-order valence-electron chi connectivity index (χ4n) is 2.56. The van der Waals surface area contributed by atoms with Crippen LogP contribution in [0.3, 0.4) is 0 Å². The van der Waals surface area contributed by atoms with Gasteiger partial charge >= 0.3 is 0 Å². The number of morpholine rings is 1. The second-order valence-electron chi connectivity index (χ2n) is 5.74. The van der Waals surface area contributed by atoms with E-state index in [1.807, 2.05) is 6.20 Å². The molecule has 1 atom stereocenters. The Morgan fingerprint density at radius 2 is 2.32 bits per heavy atom. The molecule has 4 heteroatoms. The summed E-state index contributed by atoms with van der Waals surface area (Å²) in [4.78, 5) is 6.89. The normalized spacial score (nSPS) is 20.3. The number of aromatic nitrogens is 1. The van der Waals surface area contributed by atoms with Gasteiger partial charge in [0, 0.05) is 18.8 Å². The molecule has 19 heavy (non-hydrogen) atoms. The summed E-state index contributed by atoms with van der Waals surface area (Å²) in [7, 11) is 0. The highest BCUT2D eigenvalue weighted by molar-refractivity contribution is 5.45. The van der Waals surface area contributed by atoms with Crippen LogP contribution in [0.1, 0.15) is 39.3 Å². The highest BCUT2D eigenvalue weighted by Crippen LogP contribution is 2.27. The maximum absolute atomic E-state index is 5.57. The number of hydrogen-bond donors (Lipinski definition) is 1. The Morgan fingerprint density at radius 3 is 3.00 bits per heavy atom. The minimum atomic E-state index is 0.00525. The molecule has 106 valence electrons. The van der Waals surface area contributed by atoms with Gasteiger partial charge in [0.15, 0.2) is 0 Å². The second-order valence-corrected chi connectivity index (χ2v) is 5.74. The Hall–Kier alpha value is -1.13. The third kappa shape index (κ3) is 3.25. The molecule has 4 nitrogen and oxygen atoms in total. The summed E-state index contributed by atoms with van der Waals surface area (Å²) in [6, 6.07) is 4.64. The molecule has 1 saturated heterocycles. The van der Waals surface area contributed by atoms with Crippen LogP contribution in [0.5, 0.6) is 0 Å². The number of nitrogens with zero attached hydrogens (tertiary/aromatic N) is 2. The van der Waals surface area contributed by atoms with Gasteiger partial charge in [-0.15, -0.1) is 0 Å². The van der Waals surface area contributed by atoms with Crippen molar-refractivity contribution in [2.24, 2.45) is 0 Å². The summed E-state index contributed by atoms with van der Waals surface area (Å²) >= 11 is 0. The van der Waals surface area contributed by atoms with E-state index in [4.69, 9.17) is 4.74 Å². The van der Waals surface area contributed by atoms with Crippen molar-refractivity contribution in [2.75, 3.05) is 31.2 Å². The highest BCUT2D eigenvalue weighted by atomic mass is 16.5. The van der Waals surface area contributed by atoms with Crippen LogP contribution in [0.4, 0.5) is 5.82 Å². The van der Waals surface area contributed by atoms with Crippen LogP contribution in [0.2, 0.25) is 0 Å². The molecule has 1 aromatic rings. The molecule has 1 aromatic heterocycles. The smallest absolute Gasteiger partial charge is 0.129 e. The van der Waals surface area contributed by atoms with Crippen LogP contribution >= 0.6 is 0 Å². The van der Waals surface area contributed by atoms with Crippen LogP contribution in [0.25, 0.3) is 0 Å². The lowest BCUT2D eigenvalue weighted by Crippen LogP contribution is -2.53. The Kier molecular flexibility index (Phi) is 4.42. The monoisotopic (exact) mass is 263 g/mol. The molecule has 1 aliphatic rings. The first-order valence-corrected chi connectivity index (χ1v) is 7.09. The van der Waals surface area contributed by atoms with Crippen molar-refractivity contribution in [3.63, 3.8) is 0 Å². The number of hydrogen-bond acceptors (Lipinski definition) is 4. The van der Waals surface area contributed by atoms with E-state index in [0.717, 1.165) is 32.1 Å². The summed E-state index contributed by atoms with van der Waals surface area (Å²) in [5.41, 5.74) is 1.29. The molecule has 1 N–H and O–H groups in total. The Bertz CT molecular complexity index is 420. The Morgan fingerprint density at radius 1 is 1.53 bits per heavy atom. The summed E-state index contributed by atoms with van der Waals surface area (Å²) in [5, 5.41) is 3.44. The van der Waals surface area contributed by atoms with E-state index in [2.05, 4.69) is 55.0 Å². The van der Waals surface area contributed by atoms with Gasteiger partial charge in [-0.3, -0.25) is 0 Å². The summed E-state index contributed by atoms with van der Waals surface area (Å²) in [6.07, 6.45) is 1.91. The average Bonchev–Trinajstić information content (AvgIpc) is 2.38. The van der Waals surface area contributed by atoms with Gasteiger partial charge in [0.1, 0.15) is 5.82 Å². The molecular weight excluding hydrogens is 238 g/mol. The highest BCUT2D eigenvalue weighted by Gasteiger charge is 2.31. The predicted octanol–water partition coefficient (Wildman–Crippen LogP) is 2.37. The molecule has 1 unspecified atom stereocenters. The lowest BCUT2D eigenvalue weighted by atomic mass is 10.0. The molecule has 2 rings (SSSR count). The first-order valence-electron chi connectivity index (χ1n) is 7.09. The van der Waals surface area contributed by atoms with Gasteiger partial charge in [0.05, 0.1) is 18.8 Å². The van der Waals surface area contributed by atoms with Crippen molar-refractivity contribution in [2.45, 2.75) is 39.3 Å². The van der Waals surface area contributed by atoms with Gasteiger partial charge in [-0.25, -0.2) is 4.98 Å². The number of pyridine rings is 1. The topological polar surface area (TPSA) is 37.4 Å². The lowest BCUT2D eigenvalue weighted by Gasteiger charge is -2.43. The number of anilines is 1. The van der Waals surface area contributed by atoms with Crippen LogP contribution in [-0.2, 0) is 4.74 Å². The van der Waals surface area contributed by atoms with Gasteiger partial charge in [-0.2, -0.15) is 0 Å². The zero-order valence-electron chi connectivity index (χ0n) is 12.4. The molecule has 0 amide bonds. The lowest BCUT2D eigenvalue weighted by molar-refractivity contribution is 0.0639. The molecule has 0 spiro atoms. The van der Waals surface area contributed by atoms with E-state index in [9.17, 15) is 0 Å². The van der Waals surface area contributed by atoms with Crippen molar-refractivity contribution >= 4 is 5.82 Å². The standard InChI is InChI=1S/C15H25N3O/c1-5-16-12(2)13-6-7-17-14(10-13)18-8-9-19-11-15(18,3)4/h6-7,10,12,16H,5,8-9,11H2,1-4H3. The van der Waals surface area contributed by atoms with Crippen LogP contribution in [-0.4, -0.2) is 36.8 Å². The molecule has 1 fully saturated rings. The quantitative estimate of drug-likeness (QED) is 0.905. The van der Waals surface area contributed by atoms with E-state index in [0.29, 0.717) is 6.04 Å². The van der Waals surface area contributed by atoms with E-state index in [1.54, 1.807) is 0 Å². The first kappa shape index (κ1) is 14.3. The van der Waals surface area contributed by atoms with Gasteiger partial charge in [-0.05, 0) is 45.0 Å². The molecule has 0 aromatic carbocycles. The summed E-state index contributed by atoms with van der Waals surface area (Å²) in [5.74, 6) is 1.05. The van der Waals surface area contributed by atoms with Crippen molar-refractivity contribution in [1.29, 1.82) is 0 Å². The van der Waals surface area contributed by atoms with E-state index in [-0.39, 0.29) is 5.54 Å². The van der Waals surface area contributed by atoms with Crippen molar-refractivity contribution in [3.8, 4) is 0 Å². The molecule has 1 aliphatic heterocycles. The molecule has 0 aliphatic carbocycles. The minimum Gasteiger partial charge on any atom is -0.377 e. The van der Waals surface area contributed by atoms with Crippen LogP contribution < -0.4 is 10.2 Å². The van der Waals surface area contributed by atoms with Crippen LogP contribution in [0.15, 0.2) is 18.3 Å². The van der Waals surface area contributed by atoms with E-state index >= 15 is 0 Å². The number of rotatable bonds is 4. The second kappa shape index (κ2) is 5.88. The third-order valence-corrected chi connectivity index (χ3v) is 3.70. The minimum absolute atomic E-state index is 0.00525. The predicted molar refractivity (Wildman–Crippen MR) is 78.6 cm³/mol. The fraction of sp³-hybridized carbons (Fsp3) is 0.667. The molecule has 0 saturated carbocycles. The zero-order chi connectivity index (χ0) is 13.9.